The average molecular weight is 277 g/mol. The van der Waals surface area contributed by atoms with Gasteiger partial charge < -0.3 is 5.32 Å². The van der Waals surface area contributed by atoms with Gasteiger partial charge in [-0.05, 0) is 26.0 Å². The first kappa shape index (κ1) is 13.2. The van der Waals surface area contributed by atoms with E-state index in [2.05, 4.69) is 10.3 Å². The predicted octanol–water partition coefficient (Wildman–Crippen LogP) is 2.92. The average Bonchev–Trinajstić information content (AvgIpc) is 2.74. The first-order valence-corrected chi connectivity index (χ1v) is 6.28. The van der Waals surface area contributed by atoms with Crippen molar-refractivity contribution in [3.63, 3.8) is 0 Å². The van der Waals surface area contributed by atoms with E-state index < -0.39 is 4.92 Å². The third-order valence-electron chi connectivity index (χ3n) is 2.51. The number of nitro groups is 1. The molecule has 0 aliphatic carbocycles. The molecule has 6 nitrogen and oxygen atoms in total. The summed E-state index contributed by atoms with van der Waals surface area (Å²) in [7, 11) is 0. The second kappa shape index (κ2) is 5.15. The van der Waals surface area contributed by atoms with Crippen molar-refractivity contribution in [1.29, 1.82) is 0 Å². The van der Waals surface area contributed by atoms with Crippen LogP contribution in [-0.4, -0.2) is 15.8 Å². The minimum atomic E-state index is -0.469. The molecule has 1 amide bonds. The minimum absolute atomic E-state index is 0.00480. The summed E-state index contributed by atoms with van der Waals surface area (Å²) >= 11 is 1.37. The number of rotatable bonds is 3. The Kier molecular flexibility index (Phi) is 3.57. The van der Waals surface area contributed by atoms with Crippen LogP contribution in [0.3, 0.4) is 0 Å². The maximum absolute atomic E-state index is 12.0. The fraction of sp³-hybridized carbons (Fsp3) is 0.167. The van der Waals surface area contributed by atoms with Gasteiger partial charge in [0.15, 0.2) is 0 Å². The lowest BCUT2D eigenvalue weighted by Gasteiger charge is -2.03. The number of aromatic nitrogens is 1. The van der Waals surface area contributed by atoms with E-state index in [0.717, 1.165) is 5.01 Å². The van der Waals surface area contributed by atoms with Gasteiger partial charge in [-0.15, -0.1) is 11.3 Å². The Bertz CT molecular complexity index is 651. The van der Waals surface area contributed by atoms with Crippen molar-refractivity contribution in [3.05, 3.63) is 50.6 Å². The van der Waals surface area contributed by atoms with E-state index in [0.29, 0.717) is 16.1 Å². The van der Waals surface area contributed by atoms with Crippen LogP contribution in [-0.2, 0) is 0 Å². The molecule has 1 aromatic carbocycles. The fourth-order valence-corrected chi connectivity index (χ4v) is 2.28. The monoisotopic (exact) mass is 277 g/mol. The molecule has 0 unspecified atom stereocenters. The van der Waals surface area contributed by atoms with Crippen LogP contribution in [0.1, 0.15) is 20.9 Å². The number of hydrogen-bond acceptors (Lipinski definition) is 5. The Balaban J connectivity index is 2.20. The molecular weight excluding hydrogens is 266 g/mol. The molecule has 0 saturated carbocycles. The Morgan fingerprint density at radius 3 is 2.68 bits per heavy atom. The number of nitrogens with one attached hydrogen (secondary N) is 1. The highest BCUT2D eigenvalue weighted by molar-refractivity contribution is 7.15. The number of anilines is 1. The van der Waals surface area contributed by atoms with Crippen molar-refractivity contribution in [3.8, 4) is 0 Å². The largest absolute Gasteiger partial charge is 0.312 e. The van der Waals surface area contributed by atoms with Gasteiger partial charge >= 0.3 is 0 Å². The molecule has 0 fully saturated rings. The number of carbonyl (C=O) groups is 1. The van der Waals surface area contributed by atoms with Crippen LogP contribution >= 0.6 is 11.3 Å². The highest BCUT2D eigenvalue weighted by Gasteiger charge is 2.14. The summed E-state index contributed by atoms with van der Waals surface area (Å²) in [4.78, 5) is 26.2. The first-order valence-electron chi connectivity index (χ1n) is 5.46. The normalized spacial score (nSPS) is 10.2. The van der Waals surface area contributed by atoms with Crippen molar-refractivity contribution in [1.82, 2.24) is 4.98 Å². The van der Waals surface area contributed by atoms with Gasteiger partial charge in [0.1, 0.15) is 5.00 Å². The van der Waals surface area contributed by atoms with Crippen molar-refractivity contribution < 1.29 is 9.72 Å². The van der Waals surface area contributed by atoms with Gasteiger partial charge in [0.2, 0.25) is 0 Å². The van der Waals surface area contributed by atoms with Gasteiger partial charge in [-0.2, -0.15) is 0 Å². The van der Waals surface area contributed by atoms with Crippen LogP contribution in [0.25, 0.3) is 0 Å². The molecule has 0 spiro atoms. The van der Waals surface area contributed by atoms with E-state index in [1.54, 1.807) is 13.1 Å². The van der Waals surface area contributed by atoms with Crippen molar-refractivity contribution >= 4 is 27.9 Å². The van der Waals surface area contributed by atoms with Gasteiger partial charge in [0, 0.05) is 17.2 Å². The SMILES string of the molecule is Cc1ncc(NC(=O)c2ccc([N+](=O)[O-])c(C)c2)s1. The summed E-state index contributed by atoms with van der Waals surface area (Å²) in [5, 5.41) is 14.9. The van der Waals surface area contributed by atoms with Gasteiger partial charge in [-0.25, -0.2) is 4.98 Å². The summed E-state index contributed by atoms with van der Waals surface area (Å²) in [6, 6.07) is 4.28. The molecule has 7 heteroatoms. The maximum Gasteiger partial charge on any atom is 0.272 e. The molecule has 98 valence electrons. The van der Waals surface area contributed by atoms with E-state index >= 15 is 0 Å². The first-order chi connectivity index (χ1) is 8.97. The third-order valence-corrected chi connectivity index (χ3v) is 3.34. The van der Waals surface area contributed by atoms with E-state index in [9.17, 15) is 14.9 Å². The molecule has 1 N–H and O–H groups in total. The molecule has 0 aliphatic rings. The zero-order chi connectivity index (χ0) is 14.0. The Morgan fingerprint density at radius 2 is 2.16 bits per heavy atom. The second-order valence-corrected chi connectivity index (χ2v) is 5.19. The summed E-state index contributed by atoms with van der Waals surface area (Å²) in [5.74, 6) is -0.304. The second-order valence-electron chi connectivity index (χ2n) is 3.96. The number of benzene rings is 1. The number of carbonyl (C=O) groups excluding carboxylic acids is 1. The summed E-state index contributed by atoms with van der Waals surface area (Å²) < 4.78 is 0. The van der Waals surface area contributed by atoms with Crippen molar-refractivity contribution in [2.45, 2.75) is 13.8 Å². The number of aryl methyl sites for hydroxylation is 2. The Morgan fingerprint density at radius 1 is 1.42 bits per heavy atom. The predicted molar refractivity (Wildman–Crippen MR) is 72.6 cm³/mol. The molecule has 0 bridgehead atoms. The number of hydrogen-bond donors (Lipinski definition) is 1. The topological polar surface area (TPSA) is 85.1 Å². The zero-order valence-electron chi connectivity index (χ0n) is 10.3. The maximum atomic E-state index is 12.0. The molecule has 2 rings (SSSR count). The number of nitrogens with zero attached hydrogens (tertiary/aromatic N) is 2. The summed E-state index contributed by atoms with van der Waals surface area (Å²) in [6.07, 6.45) is 1.58. The van der Waals surface area contributed by atoms with Crippen LogP contribution in [0.4, 0.5) is 10.7 Å². The van der Waals surface area contributed by atoms with Gasteiger partial charge in [-0.1, -0.05) is 0 Å². The van der Waals surface area contributed by atoms with E-state index in [1.165, 1.54) is 29.5 Å². The molecule has 1 heterocycles. The summed E-state index contributed by atoms with van der Waals surface area (Å²) in [5.41, 5.74) is 0.845. The smallest absolute Gasteiger partial charge is 0.272 e. The van der Waals surface area contributed by atoms with Crippen LogP contribution < -0.4 is 5.32 Å². The Labute approximate surface area is 113 Å². The quantitative estimate of drug-likeness (QED) is 0.690. The highest BCUT2D eigenvalue weighted by Crippen LogP contribution is 2.21. The van der Waals surface area contributed by atoms with Gasteiger partial charge in [0.25, 0.3) is 11.6 Å². The van der Waals surface area contributed by atoms with Crippen LogP contribution in [0.15, 0.2) is 24.4 Å². The molecule has 0 aliphatic heterocycles. The number of nitro benzene ring substituents is 1. The third kappa shape index (κ3) is 2.94. The standard InChI is InChI=1S/C12H11N3O3S/c1-7-5-9(3-4-10(7)15(17)18)12(16)14-11-6-13-8(2)19-11/h3-6H,1-2H3,(H,14,16). The lowest BCUT2D eigenvalue weighted by molar-refractivity contribution is -0.385. The highest BCUT2D eigenvalue weighted by atomic mass is 32.1. The van der Waals surface area contributed by atoms with Crippen LogP contribution in [0.2, 0.25) is 0 Å². The fourth-order valence-electron chi connectivity index (χ4n) is 1.60. The van der Waals surface area contributed by atoms with E-state index in [1.807, 2.05) is 6.92 Å². The van der Waals surface area contributed by atoms with Crippen molar-refractivity contribution in [2.75, 3.05) is 5.32 Å². The molecule has 0 saturated heterocycles. The molecule has 19 heavy (non-hydrogen) atoms. The lowest BCUT2D eigenvalue weighted by atomic mass is 10.1. The number of thiazole rings is 1. The molecule has 2 aromatic rings. The van der Waals surface area contributed by atoms with Crippen LogP contribution in [0.5, 0.6) is 0 Å². The zero-order valence-corrected chi connectivity index (χ0v) is 11.2. The van der Waals surface area contributed by atoms with Gasteiger partial charge in [0.05, 0.1) is 16.1 Å². The summed E-state index contributed by atoms with van der Waals surface area (Å²) in [6.45, 7) is 3.45. The lowest BCUT2D eigenvalue weighted by Crippen LogP contribution is -2.11. The van der Waals surface area contributed by atoms with E-state index in [-0.39, 0.29) is 11.6 Å². The van der Waals surface area contributed by atoms with Gasteiger partial charge in [-0.3, -0.25) is 14.9 Å². The van der Waals surface area contributed by atoms with Crippen LogP contribution in [0, 0.1) is 24.0 Å². The Hall–Kier alpha value is -2.28. The van der Waals surface area contributed by atoms with E-state index in [4.69, 9.17) is 0 Å². The van der Waals surface area contributed by atoms with Crippen molar-refractivity contribution in [2.24, 2.45) is 0 Å². The minimum Gasteiger partial charge on any atom is -0.312 e. The molecule has 1 aromatic heterocycles. The molecular formula is C12H11N3O3S. The molecule has 0 radical (unpaired) electrons. The molecule has 0 atom stereocenters. The number of amides is 1.